The number of thiophene rings is 1. The van der Waals surface area contributed by atoms with Crippen LogP contribution in [0.2, 0.25) is 0 Å². The highest BCUT2D eigenvalue weighted by Gasteiger charge is 2.31. The molecule has 0 unspecified atom stereocenters. The first-order chi connectivity index (χ1) is 9.38. The van der Waals surface area contributed by atoms with Crippen molar-refractivity contribution in [1.82, 2.24) is 5.32 Å². The maximum atomic E-state index is 12.6. The van der Waals surface area contributed by atoms with E-state index in [4.69, 9.17) is 0 Å². The third-order valence-corrected chi connectivity index (χ3v) is 4.00. The van der Waals surface area contributed by atoms with Crippen LogP contribution in [0.4, 0.5) is 13.2 Å². The van der Waals surface area contributed by atoms with E-state index in [0.29, 0.717) is 4.47 Å². The zero-order valence-corrected chi connectivity index (χ0v) is 12.4. The van der Waals surface area contributed by atoms with Crippen LogP contribution in [0.1, 0.15) is 21.5 Å². The maximum Gasteiger partial charge on any atom is 0.416 e. The van der Waals surface area contributed by atoms with Gasteiger partial charge in [-0.3, -0.25) is 4.79 Å². The van der Waals surface area contributed by atoms with E-state index in [9.17, 15) is 18.0 Å². The molecule has 1 N–H and O–H groups in total. The van der Waals surface area contributed by atoms with Gasteiger partial charge in [0.15, 0.2) is 0 Å². The summed E-state index contributed by atoms with van der Waals surface area (Å²) in [6.07, 6.45) is -4.47. The van der Waals surface area contributed by atoms with Gasteiger partial charge in [-0.15, -0.1) is 0 Å². The fourth-order valence-electron chi connectivity index (χ4n) is 1.55. The van der Waals surface area contributed by atoms with Crippen molar-refractivity contribution in [1.29, 1.82) is 0 Å². The number of hydrogen-bond acceptors (Lipinski definition) is 2. The van der Waals surface area contributed by atoms with Crippen molar-refractivity contribution < 1.29 is 18.0 Å². The molecule has 0 atom stereocenters. The average molecular weight is 364 g/mol. The average Bonchev–Trinajstić information content (AvgIpc) is 2.88. The van der Waals surface area contributed by atoms with Gasteiger partial charge in [-0.25, -0.2) is 0 Å². The number of carbonyl (C=O) groups is 1. The van der Waals surface area contributed by atoms with Gasteiger partial charge in [-0.2, -0.15) is 24.5 Å². The molecule has 1 aromatic heterocycles. The molecular formula is C13H9BrF3NOS. The predicted molar refractivity (Wildman–Crippen MR) is 74.6 cm³/mol. The largest absolute Gasteiger partial charge is 0.416 e. The van der Waals surface area contributed by atoms with Gasteiger partial charge in [-0.1, -0.05) is 0 Å². The number of benzene rings is 1. The minimum Gasteiger partial charge on any atom is -0.348 e. The van der Waals surface area contributed by atoms with Crippen molar-refractivity contribution in [3.05, 3.63) is 56.2 Å². The minimum atomic E-state index is -4.47. The summed E-state index contributed by atoms with van der Waals surface area (Å²) in [6.45, 7) is 0.283. The molecule has 106 valence electrons. The summed E-state index contributed by atoms with van der Waals surface area (Å²) in [5.74, 6) is -0.547. The van der Waals surface area contributed by atoms with E-state index in [1.54, 1.807) is 0 Å². The summed E-state index contributed by atoms with van der Waals surface area (Å²) in [4.78, 5) is 11.9. The lowest BCUT2D eigenvalue weighted by Gasteiger charge is -2.10. The molecule has 1 aromatic carbocycles. The Morgan fingerprint density at radius 1 is 1.30 bits per heavy atom. The van der Waals surface area contributed by atoms with Crippen LogP contribution >= 0.6 is 27.3 Å². The Balaban J connectivity index is 2.16. The maximum absolute atomic E-state index is 12.6. The van der Waals surface area contributed by atoms with E-state index in [2.05, 4.69) is 21.2 Å². The van der Waals surface area contributed by atoms with E-state index in [0.717, 1.165) is 17.7 Å². The second-order valence-electron chi connectivity index (χ2n) is 4.01. The molecule has 0 aliphatic rings. The van der Waals surface area contributed by atoms with Gasteiger partial charge < -0.3 is 5.32 Å². The van der Waals surface area contributed by atoms with Gasteiger partial charge in [0.2, 0.25) is 0 Å². The highest BCUT2D eigenvalue weighted by molar-refractivity contribution is 9.10. The summed E-state index contributed by atoms with van der Waals surface area (Å²) < 4.78 is 38.2. The smallest absolute Gasteiger partial charge is 0.348 e. The molecule has 1 heterocycles. The standard InChI is InChI=1S/C13H9BrF3NOS/c14-11-2-1-9(13(15,16)17)5-10(11)12(19)18-6-8-3-4-20-7-8/h1-5,7H,6H2,(H,18,19). The van der Waals surface area contributed by atoms with E-state index < -0.39 is 17.6 Å². The van der Waals surface area contributed by atoms with Crippen LogP contribution in [0.5, 0.6) is 0 Å². The van der Waals surface area contributed by atoms with Crippen LogP contribution < -0.4 is 5.32 Å². The fraction of sp³-hybridized carbons (Fsp3) is 0.154. The lowest BCUT2D eigenvalue weighted by Crippen LogP contribution is -2.23. The minimum absolute atomic E-state index is 0.0324. The molecule has 0 saturated carbocycles. The molecule has 2 aromatic rings. The first-order valence-corrected chi connectivity index (χ1v) is 7.27. The number of hydrogen-bond donors (Lipinski definition) is 1. The quantitative estimate of drug-likeness (QED) is 0.856. The number of nitrogens with one attached hydrogen (secondary N) is 1. The van der Waals surface area contributed by atoms with E-state index in [1.807, 2.05) is 16.8 Å². The Hall–Kier alpha value is -1.34. The Morgan fingerprint density at radius 3 is 2.65 bits per heavy atom. The Kier molecular flexibility index (Phi) is 4.49. The molecule has 0 bridgehead atoms. The molecule has 7 heteroatoms. The van der Waals surface area contributed by atoms with E-state index in [1.165, 1.54) is 17.4 Å². The number of rotatable bonds is 3. The van der Waals surface area contributed by atoms with Crippen molar-refractivity contribution in [3.8, 4) is 0 Å². The molecule has 2 nitrogen and oxygen atoms in total. The molecule has 1 amide bonds. The molecule has 0 aliphatic heterocycles. The van der Waals surface area contributed by atoms with Gasteiger partial charge >= 0.3 is 6.18 Å². The van der Waals surface area contributed by atoms with Crippen LogP contribution in [0.15, 0.2) is 39.5 Å². The zero-order chi connectivity index (χ0) is 14.8. The van der Waals surface area contributed by atoms with Crippen molar-refractivity contribution in [2.75, 3.05) is 0 Å². The van der Waals surface area contributed by atoms with Crippen molar-refractivity contribution in [3.63, 3.8) is 0 Å². The normalized spacial score (nSPS) is 11.4. The molecular weight excluding hydrogens is 355 g/mol. The molecule has 0 fully saturated rings. The number of alkyl halides is 3. The van der Waals surface area contributed by atoms with Crippen molar-refractivity contribution in [2.45, 2.75) is 12.7 Å². The number of carbonyl (C=O) groups excluding carboxylic acids is 1. The molecule has 2 rings (SSSR count). The summed E-state index contributed by atoms with van der Waals surface area (Å²) in [6, 6.07) is 4.83. The zero-order valence-electron chi connectivity index (χ0n) is 10.00. The van der Waals surface area contributed by atoms with Crippen LogP contribution in [-0.4, -0.2) is 5.91 Å². The highest BCUT2D eigenvalue weighted by Crippen LogP contribution is 2.31. The first kappa shape index (κ1) is 15.1. The van der Waals surface area contributed by atoms with Crippen molar-refractivity contribution in [2.24, 2.45) is 0 Å². The van der Waals surface area contributed by atoms with Gasteiger partial charge in [0.25, 0.3) is 5.91 Å². The molecule has 0 saturated heterocycles. The third kappa shape index (κ3) is 3.61. The molecule has 0 aliphatic carbocycles. The lowest BCUT2D eigenvalue weighted by atomic mass is 10.1. The first-order valence-electron chi connectivity index (χ1n) is 5.54. The molecule has 0 radical (unpaired) electrons. The van der Waals surface area contributed by atoms with Crippen LogP contribution in [0, 0.1) is 0 Å². The van der Waals surface area contributed by atoms with E-state index in [-0.39, 0.29) is 12.1 Å². The molecule has 0 spiro atoms. The second-order valence-corrected chi connectivity index (χ2v) is 5.64. The molecule has 20 heavy (non-hydrogen) atoms. The van der Waals surface area contributed by atoms with Crippen LogP contribution in [0.3, 0.4) is 0 Å². The van der Waals surface area contributed by atoms with Gasteiger partial charge in [-0.05, 0) is 56.5 Å². The Morgan fingerprint density at radius 2 is 2.05 bits per heavy atom. The van der Waals surface area contributed by atoms with Gasteiger partial charge in [0.05, 0.1) is 11.1 Å². The SMILES string of the molecule is O=C(NCc1ccsc1)c1cc(C(F)(F)F)ccc1Br. The second kappa shape index (κ2) is 5.97. The number of halogens is 4. The van der Waals surface area contributed by atoms with Crippen molar-refractivity contribution >= 4 is 33.2 Å². The third-order valence-electron chi connectivity index (χ3n) is 2.57. The monoisotopic (exact) mass is 363 g/mol. The predicted octanol–water partition coefficient (Wildman–Crippen LogP) is 4.46. The fourth-order valence-corrected chi connectivity index (χ4v) is 2.64. The van der Waals surface area contributed by atoms with E-state index >= 15 is 0 Å². The lowest BCUT2D eigenvalue weighted by molar-refractivity contribution is -0.137. The van der Waals surface area contributed by atoms with Crippen LogP contribution in [-0.2, 0) is 12.7 Å². The van der Waals surface area contributed by atoms with Crippen LogP contribution in [0.25, 0.3) is 0 Å². The Labute approximate surface area is 125 Å². The van der Waals surface area contributed by atoms with Gasteiger partial charge in [0, 0.05) is 11.0 Å². The summed E-state index contributed by atoms with van der Waals surface area (Å²) in [5.41, 5.74) is 0.0305. The topological polar surface area (TPSA) is 29.1 Å². The Bertz CT molecular complexity index is 611. The summed E-state index contributed by atoms with van der Waals surface area (Å²) in [7, 11) is 0. The highest BCUT2D eigenvalue weighted by atomic mass is 79.9. The summed E-state index contributed by atoms with van der Waals surface area (Å²) >= 11 is 4.58. The summed E-state index contributed by atoms with van der Waals surface area (Å²) in [5, 5.41) is 6.32. The number of amides is 1. The van der Waals surface area contributed by atoms with Gasteiger partial charge in [0.1, 0.15) is 0 Å².